The van der Waals surface area contributed by atoms with Crippen LogP contribution in [0.1, 0.15) is 39.1 Å². The largest absolute Gasteiger partial charge is 0.481 e. The van der Waals surface area contributed by atoms with Crippen LogP contribution in [0.15, 0.2) is 18.2 Å². The third kappa shape index (κ3) is 2.81. The first kappa shape index (κ1) is 14.5. The molecule has 0 saturated heterocycles. The summed E-state index contributed by atoms with van der Waals surface area (Å²) in [6, 6.07) is 5.05. The maximum absolute atomic E-state index is 13.8. The van der Waals surface area contributed by atoms with E-state index in [4.69, 9.17) is 5.11 Å². The van der Waals surface area contributed by atoms with E-state index in [1.807, 2.05) is 31.4 Å². The quantitative estimate of drug-likeness (QED) is 0.911. The Balaban J connectivity index is 2.44. The highest BCUT2D eigenvalue weighted by molar-refractivity contribution is 5.77. The summed E-state index contributed by atoms with van der Waals surface area (Å²) in [6.07, 6.45) is 0.613. The molecule has 0 radical (unpaired) electrons. The molecule has 0 amide bonds. The highest BCUT2D eigenvalue weighted by atomic mass is 19.1. The average Bonchev–Trinajstić information content (AvgIpc) is 2.67. The van der Waals surface area contributed by atoms with Gasteiger partial charge in [-0.15, -0.1) is 0 Å². The molecule has 1 atom stereocenters. The van der Waals surface area contributed by atoms with Crippen LogP contribution in [0.4, 0.5) is 4.39 Å². The zero-order chi connectivity index (χ0) is 14.9. The number of imidazole rings is 1. The van der Waals surface area contributed by atoms with Gasteiger partial charge in [0.2, 0.25) is 0 Å². The van der Waals surface area contributed by atoms with E-state index < -0.39 is 5.97 Å². The van der Waals surface area contributed by atoms with E-state index in [2.05, 4.69) is 4.98 Å². The summed E-state index contributed by atoms with van der Waals surface area (Å²) in [5, 5.41) is 8.84. The molecule has 0 spiro atoms. The van der Waals surface area contributed by atoms with Gasteiger partial charge in [0.15, 0.2) is 5.82 Å². The molecule has 0 fully saturated rings. The van der Waals surface area contributed by atoms with Crippen LogP contribution in [-0.4, -0.2) is 20.6 Å². The second kappa shape index (κ2) is 5.61. The van der Waals surface area contributed by atoms with Gasteiger partial charge in [-0.2, -0.15) is 0 Å². The summed E-state index contributed by atoms with van der Waals surface area (Å²) < 4.78 is 15.8. The minimum absolute atomic E-state index is 0.0372. The molecule has 2 aromatic rings. The van der Waals surface area contributed by atoms with Gasteiger partial charge < -0.3 is 9.67 Å². The number of carbonyl (C=O) groups is 1. The minimum Gasteiger partial charge on any atom is -0.481 e. The van der Waals surface area contributed by atoms with E-state index in [1.165, 1.54) is 6.07 Å². The number of halogens is 1. The van der Waals surface area contributed by atoms with E-state index in [0.29, 0.717) is 11.9 Å². The van der Waals surface area contributed by atoms with Crippen molar-refractivity contribution >= 4 is 17.0 Å². The third-order valence-corrected chi connectivity index (χ3v) is 3.31. The Morgan fingerprint density at radius 2 is 2.10 bits per heavy atom. The maximum Gasteiger partial charge on any atom is 0.303 e. The van der Waals surface area contributed by atoms with Crippen LogP contribution in [0.5, 0.6) is 0 Å². The lowest BCUT2D eigenvalue weighted by atomic mass is 10.0. The molecule has 5 heteroatoms. The van der Waals surface area contributed by atoms with Crippen LogP contribution < -0.4 is 0 Å². The SMILES string of the molecule is CC(CC(=O)O)Cc1nc2c(F)cccc2n1C(C)C. The first-order valence-corrected chi connectivity index (χ1v) is 6.77. The van der Waals surface area contributed by atoms with Crippen LogP contribution in [0.2, 0.25) is 0 Å². The number of carboxylic acid groups (broad SMARTS) is 1. The van der Waals surface area contributed by atoms with Crippen LogP contribution in [0.25, 0.3) is 11.0 Å². The van der Waals surface area contributed by atoms with Crippen LogP contribution in [0.3, 0.4) is 0 Å². The Hall–Kier alpha value is -1.91. The Morgan fingerprint density at radius 1 is 1.40 bits per heavy atom. The van der Waals surface area contributed by atoms with Crippen LogP contribution in [-0.2, 0) is 11.2 Å². The van der Waals surface area contributed by atoms with Gasteiger partial charge in [0.1, 0.15) is 11.3 Å². The highest BCUT2D eigenvalue weighted by Gasteiger charge is 2.18. The highest BCUT2D eigenvalue weighted by Crippen LogP contribution is 2.25. The van der Waals surface area contributed by atoms with Crippen molar-refractivity contribution in [1.29, 1.82) is 0 Å². The van der Waals surface area contributed by atoms with Crippen molar-refractivity contribution in [1.82, 2.24) is 9.55 Å². The first-order valence-electron chi connectivity index (χ1n) is 6.77. The Kier molecular flexibility index (Phi) is 4.06. The van der Waals surface area contributed by atoms with Gasteiger partial charge in [-0.3, -0.25) is 4.79 Å². The number of hydrogen-bond donors (Lipinski definition) is 1. The fraction of sp³-hybridized carbons (Fsp3) is 0.467. The van der Waals surface area contributed by atoms with Crippen molar-refractivity contribution in [2.24, 2.45) is 5.92 Å². The monoisotopic (exact) mass is 278 g/mol. The molecular weight excluding hydrogens is 259 g/mol. The fourth-order valence-corrected chi connectivity index (χ4v) is 2.53. The molecule has 0 aliphatic carbocycles. The lowest BCUT2D eigenvalue weighted by Gasteiger charge is -2.15. The summed E-state index contributed by atoms with van der Waals surface area (Å²) in [7, 11) is 0. The van der Waals surface area contributed by atoms with Gasteiger partial charge in [0, 0.05) is 18.9 Å². The molecule has 1 aromatic carbocycles. The number of aromatic nitrogens is 2. The van der Waals surface area contributed by atoms with Crippen LogP contribution in [0, 0.1) is 11.7 Å². The van der Waals surface area contributed by atoms with E-state index in [0.717, 1.165) is 11.3 Å². The van der Waals surface area contributed by atoms with E-state index >= 15 is 0 Å². The normalized spacial score (nSPS) is 13.1. The van der Waals surface area contributed by atoms with Crippen molar-refractivity contribution in [2.45, 2.75) is 39.7 Å². The lowest BCUT2D eigenvalue weighted by Crippen LogP contribution is -2.13. The number of rotatable bonds is 5. The third-order valence-electron chi connectivity index (χ3n) is 3.31. The van der Waals surface area contributed by atoms with Gasteiger partial charge in [-0.25, -0.2) is 9.37 Å². The molecule has 1 N–H and O–H groups in total. The van der Waals surface area contributed by atoms with Gasteiger partial charge in [0.25, 0.3) is 0 Å². The Morgan fingerprint density at radius 3 is 2.70 bits per heavy atom. The molecule has 0 aliphatic rings. The summed E-state index contributed by atoms with van der Waals surface area (Å²) in [6.45, 7) is 5.89. The Labute approximate surface area is 117 Å². The molecule has 1 aromatic heterocycles. The molecule has 2 rings (SSSR count). The smallest absolute Gasteiger partial charge is 0.303 e. The molecule has 0 saturated carbocycles. The number of fused-ring (bicyclic) bond motifs is 1. The lowest BCUT2D eigenvalue weighted by molar-refractivity contribution is -0.137. The molecule has 1 unspecified atom stereocenters. The average molecular weight is 278 g/mol. The zero-order valence-electron chi connectivity index (χ0n) is 11.9. The van der Waals surface area contributed by atoms with Gasteiger partial charge in [0.05, 0.1) is 5.52 Å². The number of para-hydroxylation sites is 1. The van der Waals surface area contributed by atoms with Crippen molar-refractivity contribution in [3.8, 4) is 0 Å². The van der Waals surface area contributed by atoms with E-state index in [9.17, 15) is 9.18 Å². The summed E-state index contributed by atoms with van der Waals surface area (Å²) >= 11 is 0. The molecular formula is C15H19FN2O2. The minimum atomic E-state index is -0.823. The van der Waals surface area contributed by atoms with E-state index in [-0.39, 0.29) is 24.2 Å². The predicted octanol–water partition coefficient (Wildman–Crippen LogP) is 3.41. The second-order valence-electron chi connectivity index (χ2n) is 5.51. The molecule has 4 nitrogen and oxygen atoms in total. The van der Waals surface area contributed by atoms with Gasteiger partial charge in [-0.05, 0) is 31.9 Å². The van der Waals surface area contributed by atoms with E-state index in [1.54, 1.807) is 6.07 Å². The van der Waals surface area contributed by atoms with Crippen molar-refractivity contribution in [2.75, 3.05) is 0 Å². The van der Waals surface area contributed by atoms with Gasteiger partial charge in [-0.1, -0.05) is 13.0 Å². The topological polar surface area (TPSA) is 55.1 Å². The standard InChI is InChI=1S/C15H19FN2O2/c1-9(2)18-12-6-4-5-11(16)15(12)17-13(18)7-10(3)8-14(19)20/h4-6,9-10H,7-8H2,1-3H3,(H,19,20). The molecule has 20 heavy (non-hydrogen) atoms. The summed E-state index contributed by atoms with van der Waals surface area (Å²) in [5.74, 6) is -0.455. The number of carboxylic acids is 1. The first-order chi connectivity index (χ1) is 9.40. The van der Waals surface area contributed by atoms with Crippen molar-refractivity contribution in [3.63, 3.8) is 0 Å². The zero-order valence-corrected chi connectivity index (χ0v) is 11.9. The summed E-state index contributed by atoms with van der Waals surface area (Å²) in [5.41, 5.74) is 1.12. The number of hydrogen-bond acceptors (Lipinski definition) is 2. The second-order valence-corrected chi connectivity index (χ2v) is 5.51. The predicted molar refractivity (Wildman–Crippen MR) is 75.2 cm³/mol. The Bertz CT molecular complexity index is 634. The molecule has 0 aliphatic heterocycles. The number of aliphatic carboxylic acids is 1. The van der Waals surface area contributed by atoms with Crippen LogP contribution >= 0.6 is 0 Å². The molecule has 108 valence electrons. The van der Waals surface area contributed by atoms with Crippen molar-refractivity contribution < 1.29 is 14.3 Å². The maximum atomic E-state index is 13.8. The van der Waals surface area contributed by atoms with Crippen molar-refractivity contribution in [3.05, 3.63) is 29.8 Å². The summed E-state index contributed by atoms with van der Waals surface area (Å²) in [4.78, 5) is 15.1. The fourth-order valence-electron chi connectivity index (χ4n) is 2.53. The number of nitrogens with zero attached hydrogens (tertiary/aromatic N) is 2. The molecule has 1 heterocycles. The number of benzene rings is 1. The van der Waals surface area contributed by atoms with Gasteiger partial charge >= 0.3 is 5.97 Å². The molecule has 0 bridgehead atoms.